The molecule has 2 amide bonds. The van der Waals surface area contributed by atoms with Gasteiger partial charge in [0.2, 0.25) is 5.91 Å². The number of carbonyl (C=O) groups excluding carboxylic acids is 2. The Kier molecular flexibility index (Phi) is 7.51. The molecule has 2 aromatic carbocycles. The topological polar surface area (TPSA) is 52.7 Å². The molecule has 0 unspecified atom stereocenters. The van der Waals surface area contributed by atoms with Gasteiger partial charge in [-0.25, -0.2) is 0 Å². The number of hydrogen-bond donors (Lipinski definition) is 1. The van der Waals surface area contributed by atoms with Gasteiger partial charge in [-0.2, -0.15) is 0 Å². The number of piperidine rings is 1. The zero-order valence-electron chi connectivity index (χ0n) is 17.9. The minimum Gasteiger partial charge on any atom is -0.354 e. The molecule has 1 N–H and O–H groups in total. The summed E-state index contributed by atoms with van der Waals surface area (Å²) in [5, 5.41) is 3.80. The molecule has 6 heteroatoms. The van der Waals surface area contributed by atoms with Gasteiger partial charge in [-0.05, 0) is 57.1 Å². The first-order valence-electron chi connectivity index (χ1n) is 10.4. The Labute approximate surface area is 184 Å². The van der Waals surface area contributed by atoms with Gasteiger partial charge >= 0.3 is 0 Å². The molecule has 0 radical (unpaired) electrons. The third-order valence-electron chi connectivity index (χ3n) is 5.89. The Morgan fingerprint density at radius 1 is 1.10 bits per heavy atom. The second kappa shape index (κ2) is 10.1. The Morgan fingerprint density at radius 2 is 1.73 bits per heavy atom. The number of likely N-dealkylation sites (N-methyl/N-ethyl adjacent to an activating group) is 1. The summed E-state index contributed by atoms with van der Waals surface area (Å²) >= 11 is 6.36. The highest BCUT2D eigenvalue weighted by Gasteiger charge is 2.29. The lowest BCUT2D eigenvalue weighted by Gasteiger charge is -2.32. The van der Waals surface area contributed by atoms with Crippen LogP contribution in [0.25, 0.3) is 0 Å². The summed E-state index contributed by atoms with van der Waals surface area (Å²) < 4.78 is 0. The van der Waals surface area contributed by atoms with Gasteiger partial charge in [0.25, 0.3) is 5.91 Å². The van der Waals surface area contributed by atoms with Crippen molar-refractivity contribution in [3.05, 3.63) is 70.2 Å². The third-order valence-corrected chi connectivity index (χ3v) is 6.23. The Bertz CT molecular complexity index is 892. The minimum atomic E-state index is -0.0695. The average Bonchev–Trinajstić information content (AvgIpc) is 2.74. The fourth-order valence-electron chi connectivity index (χ4n) is 3.99. The molecule has 1 aliphatic rings. The van der Waals surface area contributed by atoms with Crippen molar-refractivity contribution in [3.63, 3.8) is 0 Å². The van der Waals surface area contributed by atoms with Crippen LogP contribution in [-0.4, -0.2) is 55.3 Å². The Morgan fingerprint density at radius 3 is 2.37 bits per heavy atom. The van der Waals surface area contributed by atoms with Crippen molar-refractivity contribution in [2.24, 2.45) is 5.92 Å². The second-order valence-electron chi connectivity index (χ2n) is 8.13. The van der Waals surface area contributed by atoms with Gasteiger partial charge in [-0.1, -0.05) is 48.0 Å². The van der Waals surface area contributed by atoms with Crippen LogP contribution in [0.15, 0.2) is 48.5 Å². The van der Waals surface area contributed by atoms with Gasteiger partial charge < -0.3 is 15.1 Å². The number of rotatable bonds is 6. The molecule has 160 valence electrons. The molecule has 0 bridgehead atoms. The van der Waals surface area contributed by atoms with E-state index in [0.717, 1.165) is 16.7 Å². The van der Waals surface area contributed by atoms with E-state index in [1.54, 1.807) is 0 Å². The molecule has 1 atom stereocenters. The maximum absolute atomic E-state index is 12.8. The molecule has 0 aliphatic carbocycles. The van der Waals surface area contributed by atoms with Gasteiger partial charge in [-0.3, -0.25) is 9.59 Å². The highest BCUT2D eigenvalue weighted by Crippen LogP contribution is 2.26. The van der Waals surface area contributed by atoms with Crippen molar-refractivity contribution in [1.82, 2.24) is 15.1 Å². The first-order chi connectivity index (χ1) is 14.4. The van der Waals surface area contributed by atoms with Crippen molar-refractivity contribution >= 4 is 23.4 Å². The predicted molar refractivity (Wildman–Crippen MR) is 121 cm³/mol. The van der Waals surface area contributed by atoms with Gasteiger partial charge in [-0.15, -0.1) is 0 Å². The molecule has 1 aliphatic heterocycles. The van der Waals surface area contributed by atoms with Crippen LogP contribution < -0.4 is 5.32 Å². The number of aryl methyl sites for hydroxylation is 1. The maximum Gasteiger partial charge on any atom is 0.254 e. The highest BCUT2D eigenvalue weighted by atomic mass is 35.5. The number of nitrogens with zero attached hydrogens (tertiary/aromatic N) is 2. The first kappa shape index (κ1) is 22.3. The Balaban J connectivity index is 1.54. The molecule has 1 saturated heterocycles. The van der Waals surface area contributed by atoms with Crippen molar-refractivity contribution in [2.75, 3.05) is 33.7 Å². The van der Waals surface area contributed by atoms with Crippen LogP contribution in [0.4, 0.5) is 0 Å². The molecule has 30 heavy (non-hydrogen) atoms. The quantitative estimate of drug-likeness (QED) is 0.760. The van der Waals surface area contributed by atoms with Crippen LogP contribution in [0.3, 0.4) is 0 Å². The molecular weight excluding hydrogens is 398 g/mol. The van der Waals surface area contributed by atoms with E-state index < -0.39 is 0 Å². The summed E-state index contributed by atoms with van der Waals surface area (Å²) in [7, 11) is 3.96. The molecule has 2 aromatic rings. The lowest BCUT2D eigenvalue weighted by atomic mass is 9.94. The van der Waals surface area contributed by atoms with Gasteiger partial charge in [0.15, 0.2) is 0 Å². The van der Waals surface area contributed by atoms with E-state index >= 15 is 0 Å². The van der Waals surface area contributed by atoms with E-state index in [9.17, 15) is 9.59 Å². The summed E-state index contributed by atoms with van der Waals surface area (Å²) in [6.45, 7) is 3.66. The van der Waals surface area contributed by atoms with E-state index in [0.29, 0.717) is 37.5 Å². The lowest BCUT2D eigenvalue weighted by molar-refractivity contribution is -0.126. The van der Waals surface area contributed by atoms with Crippen molar-refractivity contribution < 1.29 is 9.59 Å². The molecule has 0 saturated carbocycles. The van der Waals surface area contributed by atoms with E-state index in [2.05, 4.69) is 10.2 Å². The summed E-state index contributed by atoms with van der Waals surface area (Å²) in [6, 6.07) is 15.4. The number of likely N-dealkylation sites (tertiary alicyclic amines) is 1. The van der Waals surface area contributed by atoms with Crippen LogP contribution in [0.5, 0.6) is 0 Å². The van der Waals surface area contributed by atoms with E-state index in [1.807, 2.05) is 74.4 Å². The SMILES string of the molecule is Cc1ccccc1C(=O)N1CCC(C(=O)NC[C@H](c2ccccc2Cl)N(C)C)CC1. The molecule has 1 fully saturated rings. The van der Waals surface area contributed by atoms with Crippen LogP contribution in [0, 0.1) is 12.8 Å². The van der Waals surface area contributed by atoms with Crippen LogP contribution >= 0.6 is 11.6 Å². The van der Waals surface area contributed by atoms with Gasteiger partial charge in [0, 0.05) is 36.1 Å². The van der Waals surface area contributed by atoms with Crippen molar-refractivity contribution in [1.29, 1.82) is 0 Å². The van der Waals surface area contributed by atoms with Gasteiger partial charge in [0.05, 0.1) is 6.04 Å². The zero-order chi connectivity index (χ0) is 21.7. The molecular formula is C24H30ClN3O2. The molecule has 0 aromatic heterocycles. The highest BCUT2D eigenvalue weighted by molar-refractivity contribution is 6.31. The minimum absolute atomic E-state index is 0.00497. The summed E-state index contributed by atoms with van der Waals surface area (Å²) in [5.41, 5.74) is 2.73. The number of amides is 2. The monoisotopic (exact) mass is 427 g/mol. The number of nitrogens with one attached hydrogen (secondary N) is 1. The van der Waals surface area contributed by atoms with E-state index in [-0.39, 0.29) is 23.8 Å². The Hall–Kier alpha value is -2.37. The van der Waals surface area contributed by atoms with E-state index in [1.165, 1.54) is 0 Å². The largest absolute Gasteiger partial charge is 0.354 e. The number of benzene rings is 2. The third kappa shape index (κ3) is 5.21. The first-order valence-corrected chi connectivity index (χ1v) is 10.8. The number of hydrogen-bond acceptors (Lipinski definition) is 3. The van der Waals surface area contributed by atoms with Crippen molar-refractivity contribution in [3.8, 4) is 0 Å². The fourth-order valence-corrected chi connectivity index (χ4v) is 4.25. The lowest BCUT2D eigenvalue weighted by Crippen LogP contribution is -2.44. The van der Waals surface area contributed by atoms with Crippen LogP contribution in [0.1, 0.15) is 40.4 Å². The smallest absolute Gasteiger partial charge is 0.254 e. The predicted octanol–water partition coefficient (Wildman–Crippen LogP) is 3.92. The van der Waals surface area contributed by atoms with Crippen molar-refractivity contribution in [2.45, 2.75) is 25.8 Å². The van der Waals surface area contributed by atoms with Gasteiger partial charge in [0.1, 0.15) is 0 Å². The van der Waals surface area contributed by atoms with Crippen LogP contribution in [0.2, 0.25) is 5.02 Å². The molecule has 3 rings (SSSR count). The maximum atomic E-state index is 12.8. The summed E-state index contributed by atoms with van der Waals surface area (Å²) in [5.74, 6) is 0.0372. The normalized spacial score (nSPS) is 15.8. The average molecular weight is 428 g/mol. The second-order valence-corrected chi connectivity index (χ2v) is 8.53. The number of halogens is 1. The molecule has 5 nitrogen and oxygen atoms in total. The number of carbonyl (C=O) groups is 2. The van der Waals surface area contributed by atoms with Crippen LogP contribution in [-0.2, 0) is 4.79 Å². The fraction of sp³-hybridized carbons (Fsp3) is 0.417. The standard InChI is InChI=1S/C24H30ClN3O2/c1-17-8-4-5-9-19(17)24(30)28-14-12-18(13-15-28)23(29)26-16-22(27(2)3)20-10-6-7-11-21(20)25/h4-11,18,22H,12-16H2,1-3H3,(H,26,29)/t22-/m1/s1. The molecule has 0 spiro atoms. The molecule has 1 heterocycles. The summed E-state index contributed by atoms with van der Waals surface area (Å²) in [6.07, 6.45) is 1.37. The summed E-state index contributed by atoms with van der Waals surface area (Å²) in [4.78, 5) is 29.5. The zero-order valence-corrected chi connectivity index (χ0v) is 18.7. The van der Waals surface area contributed by atoms with E-state index in [4.69, 9.17) is 11.6 Å².